The predicted molar refractivity (Wildman–Crippen MR) is 75.3 cm³/mol. The third kappa shape index (κ3) is 2.48. The molecule has 0 heterocycles. The van der Waals surface area contributed by atoms with Gasteiger partial charge in [0.05, 0.1) is 17.1 Å². The van der Waals surface area contributed by atoms with E-state index in [2.05, 4.69) is 12.2 Å². The molecule has 1 aromatic carbocycles. The van der Waals surface area contributed by atoms with Gasteiger partial charge in [0, 0.05) is 6.04 Å². The smallest absolute Gasteiger partial charge is 0.169 e. The minimum atomic E-state index is -0.549. The molecule has 0 amide bonds. The van der Waals surface area contributed by atoms with Gasteiger partial charge >= 0.3 is 0 Å². The minimum absolute atomic E-state index is 0.0600. The Morgan fingerprint density at radius 2 is 1.94 bits per heavy atom. The number of anilines is 3. The molecule has 100 valence electrons. The van der Waals surface area contributed by atoms with Gasteiger partial charge in [0.15, 0.2) is 5.82 Å². The average Bonchev–Trinajstić information content (AvgIpc) is 2.34. The summed E-state index contributed by atoms with van der Waals surface area (Å²) in [5.41, 5.74) is 12.2. The van der Waals surface area contributed by atoms with E-state index < -0.39 is 5.82 Å². The lowest BCUT2D eigenvalue weighted by Crippen LogP contribution is -2.31. The van der Waals surface area contributed by atoms with Crippen LogP contribution < -0.4 is 16.8 Å². The van der Waals surface area contributed by atoms with E-state index in [0.717, 1.165) is 19.3 Å². The molecule has 5 heteroatoms. The molecule has 1 saturated carbocycles. The van der Waals surface area contributed by atoms with Gasteiger partial charge in [0.2, 0.25) is 0 Å². The third-order valence-electron chi connectivity index (χ3n) is 3.71. The first kappa shape index (κ1) is 13.3. The zero-order valence-electron chi connectivity index (χ0n) is 10.5. The van der Waals surface area contributed by atoms with Crippen LogP contribution in [0.2, 0.25) is 5.02 Å². The fourth-order valence-electron chi connectivity index (χ4n) is 2.53. The van der Waals surface area contributed by atoms with E-state index in [1.54, 1.807) is 0 Å². The van der Waals surface area contributed by atoms with Gasteiger partial charge in [0.1, 0.15) is 5.02 Å². The number of nitrogen functional groups attached to an aromatic ring is 2. The van der Waals surface area contributed by atoms with Gasteiger partial charge in [-0.25, -0.2) is 4.39 Å². The molecule has 1 aliphatic rings. The van der Waals surface area contributed by atoms with E-state index in [-0.39, 0.29) is 22.4 Å². The number of halogens is 2. The second kappa shape index (κ2) is 5.22. The molecule has 0 spiro atoms. The van der Waals surface area contributed by atoms with Crippen molar-refractivity contribution in [2.75, 3.05) is 16.8 Å². The van der Waals surface area contributed by atoms with Gasteiger partial charge in [-0.2, -0.15) is 0 Å². The fourth-order valence-corrected chi connectivity index (χ4v) is 2.68. The van der Waals surface area contributed by atoms with Crippen molar-refractivity contribution in [2.24, 2.45) is 5.92 Å². The molecule has 1 aliphatic carbocycles. The van der Waals surface area contributed by atoms with Crippen molar-refractivity contribution in [3.63, 3.8) is 0 Å². The Bertz CT molecular complexity index is 450. The quantitative estimate of drug-likeness (QED) is 0.720. The standard InChI is InChI=1S/C13H19ClFN3/c1-7-4-2-3-5-10(7)18-13-9(17)6-8(16)11(14)12(13)15/h6-7,10,18H,2-5,16-17H2,1H3. The van der Waals surface area contributed by atoms with Crippen LogP contribution in [0.5, 0.6) is 0 Å². The summed E-state index contributed by atoms with van der Waals surface area (Å²) in [5.74, 6) is -0.0409. The highest BCUT2D eigenvalue weighted by Crippen LogP contribution is 2.36. The molecule has 2 unspecified atom stereocenters. The largest absolute Gasteiger partial charge is 0.397 e. The molecule has 5 N–H and O–H groups in total. The lowest BCUT2D eigenvalue weighted by Gasteiger charge is -2.31. The number of benzene rings is 1. The number of rotatable bonds is 2. The minimum Gasteiger partial charge on any atom is -0.397 e. The topological polar surface area (TPSA) is 64.1 Å². The van der Waals surface area contributed by atoms with Crippen LogP contribution in [0.4, 0.5) is 21.5 Å². The third-order valence-corrected chi connectivity index (χ3v) is 4.09. The van der Waals surface area contributed by atoms with Crippen molar-refractivity contribution < 1.29 is 4.39 Å². The van der Waals surface area contributed by atoms with E-state index in [4.69, 9.17) is 23.1 Å². The van der Waals surface area contributed by atoms with Crippen molar-refractivity contribution in [3.8, 4) is 0 Å². The van der Waals surface area contributed by atoms with Crippen LogP contribution in [0.3, 0.4) is 0 Å². The summed E-state index contributed by atoms with van der Waals surface area (Å²) < 4.78 is 14.1. The van der Waals surface area contributed by atoms with Gasteiger partial charge in [-0.1, -0.05) is 31.4 Å². The first-order valence-corrected chi connectivity index (χ1v) is 6.68. The lowest BCUT2D eigenvalue weighted by molar-refractivity contribution is 0.349. The second-order valence-electron chi connectivity index (χ2n) is 5.07. The summed E-state index contributed by atoms with van der Waals surface area (Å²) >= 11 is 5.81. The maximum atomic E-state index is 14.1. The summed E-state index contributed by atoms with van der Waals surface area (Å²) in [4.78, 5) is 0. The highest BCUT2D eigenvalue weighted by atomic mass is 35.5. The van der Waals surface area contributed by atoms with Crippen LogP contribution in [0.15, 0.2) is 6.07 Å². The molecule has 0 aromatic heterocycles. The summed E-state index contributed by atoms with van der Waals surface area (Å²) in [5, 5.41) is 3.14. The van der Waals surface area contributed by atoms with Crippen LogP contribution in [0.25, 0.3) is 0 Å². The molecule has 1 aromatic rings. The molecule has 0 saturated heterocycles. The molecular formula is C13H19ClFN3. The van der Waals surface area contributed by atoms with Crippen LogP contribution in [0, 0.1) is 11.7 Å². The highest BCUT2D eigenvalue weighted by Gasteiger charge is 2.24. The SMILES string of the molecule is CC1CCCCC1Nc1c(N)cc(N)c(Cl)c1F. The van der Waals surface area contributed by atoms with E-state index in [9.17, 15) is 4.39 Å². The Kier molecular flexibility index (Phi) is 3.85. The van der Waals surface area contributed by atoms with Gasteiger partial charge < -0.3 is 16.8 Å². The maximum Gasteiger partial charge on any atom is 0.169 e. The van der Waals surface area contributed by atoms with E-state index in [1.807, 2.05) is 0 Å². The van der Waals surface area contributed by atoms with Crippen molar-refractivity contribution in [1.29, 1.82) is 0 Å². The van der Waals surface area contributed by atoms with Crippen molar-refractivity contribution in [2.45, 2.75) is 38.6 Å². The van der Waals surface area contributed by atoms with Gasteiger partial charge in [-0.3, -0.25) is 0 Å². The first-order chi connectivity index (χ1) is 8.50. The molecule has 0 bridgehead atoms. The number of nitrogens with one attached hydrogen (secondary N) is 1. The van der Waals surface area contributed by atoms with Gasteiger partial charge in [0.25, 0.3) is 0 Å². The molecule has 1 fully saturated rings. The first-order valence-electron chi connectivity index (χ1n) is 6.30. The van der Waals surface area contributed by atoms with Crippen LogP contribution in [-0.4, -0.2) is 6.04 Å². The molecule has 0 radical (unpaired) electrons. The zero-order valence-corrected chi connectivity index (χ0v) is 11.2. The molecular weight excluding hydrogens is 253 g/mol. The normalized spacial score (nSPS) is 23.9. The summed E-state index contributed by atoms with van der Waals surface area (Å²) in [6, 6.07) is 1.75. The molecule has 2 atom stereocenters. The Labute approximate surface area is 112 Å². The molecule has 3 nitrogen and oxygen atoms in total. The maximum absolute atomic E-state index is 14.1. The van der Waals surface area contributed by atoms with Crippen molar-refractivity contribution >= 4 is 28.7 Å². The lowest BCUT2D eigenvalue weighted by atomic mass is 9.86. The van der Waals surface area contributed by atoms with Gasteiger partial charge in [-0.15, -0.1) is 0 Å². The van der Waals surface area contributed by atoms with Crippen LogP contribution >= 0.6 is 11.6 Å². The van der Waals surface area contributed by atoms with Crippen LogP contribution in [0.1, 0.15) is 32.6 Å². The Balaban J connectivity index is 2.26. The zero-order chi connectivity index (χ0) is 13.3. The summed E-state index contributed by atoms with van der Waals surface area (Å²) in [6.45, 7) is 2.17. The Hall–Kier alpha value is -1.16. The van der Waals surface area contributed by atoms with Crippen LogP contribution in [-0.2, 0) is 0 Å². The number of hydrogen-bond donors (Lipinski definition) is 3. The van der Waals surface area contributed by atoms with Crippen molar-refractivity contribution in [1.82, 2.24) is 0 Å². The molecule has 0 aliphatic heterocycles. The number of hydrogen-bond acceptors (Lipinski definition) is 3. The highest BCUT2D eigenvalue weighted by molar-refractivity contribution is 6.33. The van der Waals surface area contributed by atoms with E-state index in [0.29, 0.717) is 11.6 Å². The number of nitrogens with two attached hydrogens (primary N) is 2. The summed E-state index contributed by atoms with van der Waals surface area (Å²) in [7, 11) is 0. The molecule has 2 rings (SSSR count). The van der Waals surface area contributed by atoms with Gasteiger partial charge in [-0.05, 0) is 24.8 Å². The van der Waals surface area contributed by atoms with E-state index >= 15 is 0 Å². The Morgan fingerprint density at radius 1 is 1.28 bits per heavy atom. The predicted octanol–water partition coefficient (Wildman–Crippen LogP) is 3.63. The fraction of sp³-hybridized carbons (Fsp3) is 0.538. The summed E-state index contributed by atoms with van der Waals surface area (Å²) in [6.07, 6.45) is 4.58. The monoisotopic (exact) mass is 271 g/mol. The Morgan fingerprint density at radius 3 is 2.61 bits per heavy atom. The molecule has 18 heavy (non-hydrogen) atoms. The van der Waals surface area contributed by atoms with E-state index in [1.165, 1.54) is 12.5 Å². The van der Waals surface area contributed by atoms with Crippen molar-refractivity contribution in [3.05, 3.63) is 16.9 Å². The average molecular weight is 272 g/mol. The second-order valence-corrected chi connectivity index (χ2v) is 5.45.